The standard InChI is InChI=1S/C18H20F3N3O/c1-11-8-13(23-12(2)25)10-24(9-11)16-6-5-15(18(19,20)21)17-14(16)4-3-7-22-17/h3-7,11,13H,8-10H2,1-2H3,(H,23,25)/t11-,13+/m0/s1. The Bertz CT molecular complexity index is 791. The van der Waals surface area contributed by atoms with Gasteiger partial charge in [-0.25, -0.2) is 0 Å². The van der Waals surface area contributed by atoms with Gasteiger partial charge in [-0.3, -0.25) is 9.78 Å². The van der Waals surface area contributed by atoms with Crippen LogP contribution in [0.3, 0.4) is 0 Å². The second-order valence-electron chi connectivity index (χ2n) is 6.67. The van der Waals surface area contributed by atoms with E-state index in [1.165, 1.54) is 19.2 Å². The highest BCUT2D eigenvalue weighted by Crippen LogP contribution is 2.38. The van der Waals surface area contributed by atoms with E-state index in [-0.39, 0.29) is 17.5 Å². The lowest BCUT2D eigenvalue weighted by atomic mass is 9.94. The third-order valence-electron chi connectivity index (χ3n) is 4.46. The Morgan fingerprint density at radius 3 is 2.72 bits per heavy atom. The van der Waals surface area contributed by atoms with Gasteiger partial charge in [0.05, 0.1) is 11.1 Å². The number of benzene rings is 1. The van der Waals surface area contributed by atoms with Gasteiger partial charge in [0.25, 0.3) is 0 Å². The van der Waals surface area contributed by atoms with Gasteiger partial charge in [-0.05, 0) is 36.6 Å². The quantitative estimate of drug-likeness (QED) is 0.899. The first-order valence-electron chi connectivity index (χ1n) is 8.22. The lowest BCUT2D eigenvalue weighted by Crippen LogP contribution is -2.50. The molecule has 7 heteroatoms. The summed E-state index contributed by atoms with van der Waals surface area (Å²) in [5, 5.41) is 3.40. The summed E-state index contributed by atoms with van der Waals surface area (Å²) in [6, 6.07) is 5.90. The van der Waals surface area contributed by atoms with Crippen LogP contribution < -0.4 is 10.2 Å². The normalized spacial score (nSPS) is 21.4. The van der Waals surface area contributed by atoms with E-state index in [1.54, 1.807) is 12.1 Å². The van der Waals surface area contributed by atoms with Crippen LogP contribution in [0.2, 0.25) is 0 Å². The molecule has 1 aromatic heterocycles. The summed E-state index contributed by atoms with van der Waals surface area (Å²) in [7, 11) is 0. The van der Waals surface area contributed by atoms with E-state index in [1.807, 2.05) is 4.90 Å². The molecule has 1 aromatic carbocycles. The average Bonchev–Trinajstić information content (AvgIpc) is 2.51. The molecule has 1 saturated heterocycles. The van der Waals surface area contributed by atoms with Crippen molar-refractivity contribution in [3.63, 3.8) is 0 Å². The number of halogens is 3. The Kier molecular flexibility index (Phi) is 4.58. The van der Waals surface area contributed by atoms with Gasteiger partial charge in [-0.1, -0.05) is 6.92 Å². The maximum absolute atomic E-state index is 13.3. The van der Waals surface area contributed by atoms with Gasteiger partial charge in [-0.2, -0.15) is 13.2 Å². The third-order valence-corrected chi connectivity index (χ3v) is 4.46. The number of hydrogen-bond acceptors (Lipinski definition) is 3. The largest absolute Gasteiger partial charge is 0.418 e. The number of rotatable bonds is 2. The number of carbonyl (C=O) groups is 1. The number of anilines is 1. The predicted octanol–water partition coefficient (Wildman–Crippen LogP) is 3.60. The number of piperidine rings is 1. The molecule has 0 saturated carbocycles. The van der Waals surface area contributed by atoms with E-state index in [2.05, 4.69) is 17.2 Å². The van der Waals surface area contributed by atoms with E-state index in [4.69, 9.17) is 0 Å². The van der Waals surface area contributed by atoms with Gasteiger partial charge in [0.15, 0.2) is 0 Å². The molecule has 1 aliphatic heterocycles. The van der Waals surface area contributed by atoms with Crippen molar-refractivity contribution in [2.75, 3.05) is 18.0 Å². The van der Waals surface area contributed by atoms with E-state index < -0.39 is 11.7 Å². The van der Waals surface area contributed by atoms with Crippen molar-refractivity contribution >= 4 is 22.5 Å². The molecule has 25 heavy (non-hydrogen) atoms. The number of aromatic nitrogens is 1. The average molecular weight is 351 g/mol. The van der Waals surface area contributed by atoms with Crippen molar-refractivity contribution in [1.82, 2.24) is 10.3 Å². The highest BCUT2D eigenvalue weighted by molar-refractivity contribution is 5.94. The second-order valence-corrected chi connectivity index (χ2v) is 6.67. The zero-order valence-corrected chi connectivity index (χ0v) is 14.1. The fourth-order valence-electron chi connectivity index (χ4n) is 3.60. The molecular formula is C18H20F3N3O. The molecule has 1 N–H and O–H groups in total. The topological polar surface area (TPSA) is 45.2 Å². The Labute approximate surface area is 144 Å². The van der Waals surface area contributed by atoms with Crippen molar-refractivity contribution in [2.45, 2.75) is 32.5 Å². The fraction of sp³-hybridized carbons (Fsp3) is 0.444. The molecular weight excluding hydrogens is 331 g/mol. The van der Waals surface area contributed by atoms with Gasteiger partial charge in [0.1, 0.15) is 0 Å². The number of nitrogens with one attached hydrogen (secondary N) is 1. The van der Waals surface area contributed by atoms with Crippen LogP contribution in [0.4, 0.5) is 18.9 Å². The van der Waals surface area contributed by atoms with E-state index >= 15 is 0 Å². The molecule has 3 rings (SSSR count). The summed E-state index contributed by atoms with van der Waals surface area (Å²) >= 11 is 0. The van der Waals surface area contributed by atoms with Crippen molar-refractivity contribution in [3.05, 3.63) is 36.0 Å². The molecule has 0 bridgehead atoms. The van der Waals surface area contributed by atoms with Crippen LogP contribution in [0.25, 0.3) is 10.9 Å². The first-order valence-corrected chi connectivity index (χ1v) is 8.22. The van der Waals surface area contributed by atoms with Crippen molar-refractivity contribution in [3.8, 4) is 0 Å². The molecule has 2 aromatic rings. The number of alkyl halides is 3. The van der Waals surface area contributed by atoms with Crippen LogP contribution in [0.1, 0.15) is 25.8 Å². The van der Waals surface area contributed by atoms with Crippen LogP contribution in [0.5, 0.6) is 0 Å². The number of carbonyl (C=O) groups excluding carboxylic acids is 1. The molecule has 0 radical (unpaired) electrons. The SMILES string of the molecule is CC(=O)N[C@@H]1C[C@H](C)CN(c2ccc(C(F)(F)F)c3ncccc23)C1. The molecule has 0 spiro atoms. The van der Waals surface area contributed by atoms with Crippen LogP contribution in [0, 0.1) is 5.92 Å². The molecule has 1 aliphatic rings. The van der Waals surface area contributed by atoms with Gasteiger partial charge in [-0.15, -0.1) is 0 Å². The maximum atomic E-state index is 13.3. The number of nitrogens with zero attached hydrogens (tertiary/aromatic N) is 2. The summed E-state index contributed by atoms with van der Waals surface area (Å²) in [6.07, 6.45) is -2.22. The lowest BCUT2D eigenvalue weighted by molar-refractivity contribution is -0.136. The molecule has 0 aliphatic carbocycles. The van der Waals surface area contributed by atoms with Gasteiger partial charge >= 0.3 is 6.18 Å². The van der Waals surface area contributed by atoms with Crippen molar-refractivity contribution < 1.29 is 18.0 Å². The Morgan fingerprint density at radius 2 is 2.04 bits per heavy atom. The zero-order chi connectivity index (χ0) is 18.2. The molecule has 1 amide bonds. The van der Waals surface area contributed by atoms with Crippen LogP contribution in [-0.2, 0) is 11.0 Å². The monoisotopic (exact) mass is 351 g/mol. The van der Waals surface area contributed by atoms with Gasteiger partial charge in [0.2, 0.25) is 5.91 Å². The van der Waals surface area contributed by atoms with Crippen LogP contribution in [-0.4, -0.2) is 30.0 Å². The number of pyridine rings is 1. The summed E-state index contributed by atoms with van der Waals surface area (Å²) in [5.74, 6) is 0.220. The molecule has 1 fully saturated rings. The van der Waals surface area contributed by atoms with Crippen molar-refractivity contribution in [2.24, 2.45) is 5.92 Å². The minimum absolute atomic E-state index is 0.0183. The Balaban J connectivity index is 2.02. The Morgan fingerprint density at radius 1 is 1.28 bits per heavy atom. The van der Waals surface area contributed by atoms with E-state index in [0.717, 1.165) is 24.7 Å². The molecule has 4 nitrogen and oxygen atoms in total. The number of fused-ring (bicyclic) bond motifs is 1. The lowest BCUT2D eigenvalue weighted by Gasteiger charge is -2.38. The summed E-state index contributed by atoms with van der Waals surface area (Å²) in [5.41, 5.74) is -0.0462. The highest BCUT2D eigenvalue weighted by atomic mass is 19.4. The summed E-state index contributed by atoms with van der Waals surface area (Å²) in [4.78, 5) is 17.4. The fourth-order valence-corrected chi connectivity index (χ4v) is 3.60. The first kappa shape index (κ1) is 17.5. The highest BCUT2D eigenvalue weighted by Gasteiger charge is 2.34. The minimum Gasteiger partial charge on any atom is -0.369 e. The Hall–Kier alpha value is -2.31. The third kappa shape index (κ3) is 3.70. The summed E-state index contributed by atoms with van der Waals surface area (Å²) < 4.78 is 39.8. The molecule has 2 atom stereocenters. The van der Waals surface area contributed by atoms with Crippen molar-refractivity contribution in [1.29, 1.82) is 0 Å². The van der Waals surface area contributed by atoms with Gasteiger partial charge < -0.3 is 10.2 Å². The number of amides is 1. The van der Waals surface area contributed by atoms with Crippen LogP contribution >= 0.6 is 0 Å². The van der Waals surface area contributed by atoms with E-state index in [0.29, 0.717) is 17.8 Å². The first-order chi connectivity index (χ1) is 11.8. The second kappa shape index (κ2) is 6.54. The molecule has 0 unspecified atom stereocenters. The number of hydrogen-bond donors (Lipinski definition) is 1. The van der Waals surface area contributed by atoms with E-state index in [9.17, 15) is 18.0 Å². The van der Waals surface area contributed by atoms with Crippen LogP contribution in [0.15, 0.2) is 30.5 Å². The maximum Gasteiger partial charge on any atom is 0.418 e. The smallest absolute Gasteiger partial charge is 0.369 e. The predicted molar refractivity (Wildman–Crippen MR) is 90.3 cm³/mol. The molecule has 134 valence electrons. The minimum atomic E-state index is -4.45. The molecule has 2 heterocycles. The zero-order valence-electron chi connectivity index (χ0n) is 14.1. The summed E-state index contributed by atoms with van der Waals surface area (Å²) in [6.45, 7) is 4.84. The van der Waals surface area contributed by atoms with Gasteiger partial charge in [0, 0.05) is 43.3 Å².